The SMILES string of the molecule is c1ccc(-c2ccc(-n3c4ccc(-c5ccc6c(c5)c5c7ccccc7ccc5n6-c5nc(-c6ccccc6)c6ccccc6n5)cc4c4c5ccccc5ccc43)cc2)cc1. The Kier molecular flexibility index (Phi) is 7.57. The van der Waals surface area contributed by atoms with E-state index in [1.807, 2.05) is 6.07 Å². The summed E-state index contributed by atoms with van der Waals surface area (Å²) >= 11 is 0. The monoisotopic (exact) mass is 788 g/mol. The first kappa shape index (κ1) is 34.5. The molecule has 4 nitrogen and oxygen atoms in total. The molecule has 0 fully saturated rings. The maximum Gasteiger partial charge on any atom is 0.235 e. The number of hydrogen-bond acceptors (Lipinski definition) is 2. The van der Waals surface area contributed by atoms with Crippen molar-refractivity contribution in [3.05, 3.63) is 218 Å². The first-order chi connectivity index (χ1) is 30.7. The van der Waals surface area contributed by atoms with Crippen LogP contribution in [-0.2, 0) is 0 Å². The third-order valence-corrected chi connectivity index (χ3v) is 12.7. The topological polar surface area (TPSA) is 35.6 Å². The van der Waals surface area contributed by atoms with Gasteiger partial charge in [0.25, 0.3) is 0 Å². The van der Waals surface area contributed by atoms with Crippen LogP contribution in [0.4, 0.5) is 0 Å². The van der Waals surface area contributed by atoms with Crippen LogP contribution in [0.25, 0.3) is 121 Å². The molecule has 288 valence electrons. The fourth-order valence-electron chi connectivity index (χ4n) is 9.85. The van der Waals surface area contributed by atoms with E-state index in [1.165, 1.54) is 70.8 Å². The van der Waals surface area contributed by atoms with E-state index in [1.54, 1.807) is 0 Å². The van der Waals surface area contributed by atoms with Gasteiger partial charge < -0.3 is 4.57 Å². The van der Waals surface area contributed by atoms with Crippen molar-refractivity contribution < 1.29 is 0 Å². The van der Waals surface area contributed by atoms with Gasteiger partial charge in [-0.05, 0) is 98.4 Å². The van der Waals surface area contributed by atoms with Gasteiger partial charge in [0, 0.05) is 38.2 Å². The van der Waals surface area contributed by atoms with Crippen molar-refractivity contribution in [2.75, 3.05) is 0 Å². The molecule has 0 radical (unpaired) electrons. The molecule has 0 N–H and O–H groups in total. The molecular formula is C58H36N4. The lowest BCUT2D eigenvalue weighted by molar-refractivity contribution is 1.01. The van der Waals surface area contributed by atoms with Crippen LogP contribution in [0, 0.1) is 0 Å². The predicted molar refractivity (Wildman–Crippen MR) is 260 cm³/mol. The highest BCUT2D eigenvalue weighted by Gasteiger charge is 2.21. The second-order valence-electron chi connectivity index (χ2n) is 16.2. The van der Waals surface area contributed by atoms with Gasteiger partial charge in [0.15, 0.2) is 0 Å². The number of benzene rings is 10. The van der Waals surface area contributed by atoms with Gasteiger partial charge in [-0.15, -0.1) is 0 Å². The summed E-state index contributed by atoms with van der Waals surface area (Å²) in [5, 5.41) is 10.8. The fraction of sp³-hybridized carbons (Fsp3) is 0. The predicted octanol–water partition coefficient (Wildman–Crippen LogP) is 15.1. The van der Waals surface area contributed by atoms with E-state index in [0.717, 1.165) is 44.4 Å². The lowest BCUT2D eigenvalue weighted by Gasteiger charge is -2.12. The van der Waals surface area contributed by atoms with Crippen molar-refractivity contribution >= 4 is 76.1 Å². The molecule has 3 heterocycles. The Bertz CT molecular complexity index is 3900. The number of para-hydroxylation sites is 1. The van der Waals surface area contributed by atoms with Crippen LogP contribution in [0.3, 0.4) is 0 Å². The van der Waals surface area contributed by atoms with Crippen molar-refractivity contribution in [3.63, 3.8) is 0 Å². The summed E-state index contributed by atoms with van der Waals surface area (Å²) in [5.41, 5.74) is 13.3. The van der Waals surface area contributed by atoms with Gasteiger partial charge in [-0.2, -0.15) is 0 Å². The smallest absolute Gasteiger partial charge is 0.235 e. The fourth-order valence-corrected chi connectivity index (χ4v) is 9.85. The van der Waals surface area contributed by atoms with E-state index in [4.69, 9.17) is 9.97 Å². The molecule has 0 aliphatic carbocycles. The molecule has 0 aliphatic rings. The Labute approximate surface area is 357 Å². The molecule has 0 amide bonds. The first-order valence-corrected chi connectivity index (χ1v) is 21.2. The number of aromatic nitrogens is 4. The van der Waals surface area contributed by atoms with Crippen molar-refractivity contribution in [3.8, 4) is 45.1 Å². The molecule has 0 saturated carbocycles. The Morgan fingerprint density at radius 2 is 0.758 bits per heavy atom. The summed E-state index contributed by atoms with van der Waals surface area (Å²) in [4.78, 5) is 10.6. The number of fused-ring (bicyclic) bond motifs is 11. The molecule has 0 saturated heterocycles. The zero-order valence-electron chi connectivity index (χ0n) is 33.6. The molecule has 10 aromatic carbocycles. The highest BCUT2D eigenvalue weighted by molar-refractivity contribution is 6.23. The molecule has 13 rings (SSSR count). The molecule has 0 bridgehead atoms. The van der Waals surface area contributed by atoms with E-state index in [2.05, 4.69) is 221 Å². The number of rotatable bonds is 5. The van der Waals surface area contributed by atoms with Crippen LogP contribution in [0.2, 0.25) is 0 Å². The van der Waals surface area contributed by atoms with Gasteiger partial charge in [0.1, 0.15) is 0 Å². The number of nitrogens with zero attached hydrogens (tertiary/aromatic N) is 4. The summed E-state index contributed by atoms with van der Waals surface area (Å²) in [7, 11) is 0. The molecule has 0 spiro atoms. The molecule has 62 heavy (non-hydrogen) atoms. The summed E-state index contributed by atoms with van der Waals surface area (Å²) in [5.74, 6) is 0.656. The second-order valence-corrected chi connectivity index (χ2v) is 16.2. The molecule has 13 aromatic rings. The van der Waals surface area contributed by atoms with Crippen LogP contribution in [0.15, 0.2) is 218 Å². The molecule has 4 heteroatoms. The Morgan fingerprint density at radius 3 is 1.39 bits per heavy atom. The van der Waals surface area contributed by atoms with E-state index in [-0.39, 0.29) is 0 Å². The standard InChI is InChI=1S/C58H36N4/c1-3-13-37(14-4-1)38-23-29-44(30-24-38)61-51-31-27-42(35-48(51)55-45-19-9-7-15-39(45)25-33-53(55)61)43-28-32-52-49(36-43)56-46-20-10-8-16-40(46)26-34-54(56)62(52)58-59-50-22-12-11-21-47(50)57(60-58)41-17-5-2-6-18-41/h1-36H. The average molecular weight is 789 g/mol. The van der Waals surface area contributed by atoms with Gasteiger partial charge in [0.2, 0.25) is 5.95 Å². The lowest BCUT2D eigenvalue weighted by atomic mass is 9.98. The van der Waals surface area contributed by atoms with Crippen LogP contribution < -0.4 is 0 Å². The summed E-state index contributed by atoms with van der Waals surface area (Å²) in [6.45, 7) is 0. The average Bonchev–Trinajstić information content (AvgIpc) is 3.87. The third kappa shape index (κ3) is 5.27. The van der Waals surface area contributed by atoms with Crippen LogP contribution >= 0.6 is 0 Å². The van der Waals surface area contributed by atoms with E-state index < -0.39 is 0 Å². The van der Waals surface area contributed by atoms with Crippen LogP contribution in [-0.4, -0.2) is 19.1 Å². The minimum Gasteiger partial charge on any atom is -0.309 e. The molecule has 3 aromatic heterocycles. The quantitative estimate of drug-likeness (QED) is 0.174. The molecular weight excluding hydrogens is 753 g/mol. The minimum absolute atomic E-state index is 0.656. The normalized spacial score (nSPS) is 11.9. The maximum absolute atomic E-state index is 5.36. The van der Waals surface area contributed by atoms with Gasteiger partial charge in [-0.1, -0.05) is 164 Å². The summed E-state index contributed by atoms with van der Waals surface area (Å²) in [6, 6.07) is 78.6. The third-order valence-electron chi connectivity index (χ3n) is 12.7. The lowest BCUT2D eigenvalue weighted by Crippen LogP contribution is -2.03. The van der Waals surface area contributed by atoms with Crippen LogP contribution in [0.1, 0.15) is 0 Å². The van der Waals surface area contributed by atoms with Crippen molar-refractivity contribution in [2.45, 2.75) is 0 Å². The molecule has 0 unspecified atom stereocenters. The van der Waals surface area contributed by atoms with E-state index in [0.29, 0.717) is 5.95 Å². The van der Waals surface area contributed by atoms with Gasteiger partial charge in [-0.25, -0.2) is 9.97 Å². The molecule has 0 aliphatic heterocycles. The van der Waals surface area contributed by atoms with E-state index in [9.17, 15) is 0 Å². The minimum atomic E-state index is 0.656. The van der Waals surface area contributed by atoms with Gasteiger partial charge >= 0.3 is 0 Å². The molecule has 0 atom stereocenters. The Hall–Kier alpha value is -8.34. The Morgan fingerprint density at radius 1 is 0.290 bits per heavy atom. The highest BCUT2D eigenvalue weighted by atomic mass is 15.2. The van der Waals surface area contributed by atoms with Crippen molar-refractivity contribution in [1.82, 2.24) is 19.1 Å². The second kappa shape index (κ2) is 13.6. The zero-order valence-corrected chi connectivity index (χ0v) is 33.6. The van der Waals surface area contributed by atoms with Crippen LogP contribution in [0.5, 0.6) is 0 Å². The zero-order chi connectivity index (χ0) is 40.7. The first-order valence-electron chi connectivity index (χ1n) is 21.2. The van der Waals surface area contributed by atoms with Crippen molar-refractivity contribution in [2.24, 2.45) is 0 Å². The Balaban J connectivity index is 1.04. The maximum atomic E-state index is 5.36. The number of hydrogen-bond donors (Lipinski definition) is 0. The highest BCUT2D eigenvalue weighted by Crippen LogP contribution is 2.42. The van der Waals surface area contributed by atoms with Crippen molar-refractivity contribution in [1.29, 1.82) is 0 Å². The largest absolute Gasteiger partial charge is 0.309 e. The summed E-state index contributed by atoms with van der Waals surface area (Å²) < 4.78 is 4.68. The van der Waals surface area contributed by atoms with Gasteiger partial charge in [-0.3, -0.25) is 4.57 Å². The summed E-state index contributed by atoms with van der Waals surface area (Å²) in [6.07, 6.45) is 0. The van der Waals surface area contributed by atoms with E-state index >= 15 is 0 Å². The van der Waals surface area contributed by atoms with Gasteiger partial charge in [0.05, 0.1) is 33.3 Å².